The number of phenolic OH excluding ortho intramolecular Hbond substituents is 3. The van der Waals surface area contributed by atoms with E-state index in [2.05, 4.69) is 0 Å². The molecule has 0 bridgehead atoms. The molecule has 7 nitrogen and oxygen atoms in total. The van der Waals surface area contributed by atoms with E-state index < -0.39 is 23.2 Å². The van der Waals surface area contributed by atoms with Gasteiger partial charge in [0.1, 0.15) is 28.6 Å². The molecule has 0 spiro atoms. The molecule has 0 heterocycles. The van der Waals surface area contributed by atoms with Crippen molar-refractivity contribution in [2.45, 2.75) is 32.0 Å². The van der Waals surface area contributed by atoms with Crippen molar-refractivity contribution in [3.8, 4) is 23.0 Å². The summed E-state index contributed by atoms with van der Waals surface area (Å²) in [4.78, 5) is 12.7. The number of aromatic hydroxyl groups is 3. The summed E-state index contributed by atoms with van der Waals surface area (Å²) in [5, 5.41) is 40.7. The van der Waals surface area contributed by atoms with Crippen LogP contribution in [0.5, 0.6) is 23.0 Å². The number of ketones is 1. The standard InChI is InChI=1S/C22H26O7/c1-22(2,29-4)19(26)11-15-17(25)12-18(28-3)20(21(15)27)16(24)10-7-13-5-8-14(23)9-6-13/h5-10,12,19,23,25-27H,11H2,1-4H3. The Kier molecular flexibility index (Phi) is 6.89. The number of aliphatic hydroxyl groups excluding tert-OH is 1. The van der Waals surface area contributed by atoms with Gasteiger partial charge in [-0.2, -0.15) is 0 Å². The molecule has 0 aliphatic rings. The van der Waals surface area contributed by atoms with Gasteiger partial charge >= 0.3 is 0 Å². The first-order valence-electron chi connectivity index (χ1n) is 8.97. The lowest BCUT2D eigenvalue weighted by atomic mass is 9.92. The highest BCUT2D eigenvalue weighted by atomic mass is 16.5. The van der Waals surface area contributed by atoms with Crippen LogP contribution in [-0.2, 0) is 11.2 Å². The number of carbonyl (C=O) groups excluding carboxylic acids is 1. The van der Waals surface area contributed by atoms with Gasteiger partial charge in [-0.15, -0.1) is 0 Å². The molecular formula is C22H26O7. The van der Waals surface area contributed by atoms with Crippen molar-refractivity contribution >= 4 is 11.9 Å². The molecule has 2 aromatic carbocycles. The van der Waals surface area contributed by atoms with Gasteiger partial charge in [-0.1, -0.05) is 18.2 Å². The zero-order chi connectivity index (χ0) is 21.8. The highest BCUT2D eigenvalue weighted by Crippen LogP contribution is 2.40. The van der Waals surface area contributed by atoms with E-state index in [9.17, 15) is 25.2 Å². The molecule has 29 heavy (non-hydrogen) atoms. The Bertz CT molecular complexity index is 898. The van der Waals surface area contributed by atoms with Gasteiger partial charge in [0, 0.05) is 25.2 Å². The van der Waals surface area contributed by atoms with E-state index in [4.69, 9.17) is 9.47 Å². The van der Waals surface area contributed by atoms with E-state index in [1.807, 2.05) is 0 Å². The Morgan fingerprint density at radius 3 is 2.31 bits per heavy atom. The van der Waals surface area contributed by atoms with Crippen molar-refractivity contribution < 1.29 is 34.7 Å². The first-order chi connectivity index (χ1) is 13.6. The maximum absolute atomic E-state index is 12.7. The van der Waals surface area contributed by atoms with E-state index >= 15 is 0 Å². The third kappa shape index (κ3) is 5.07. The number of carbonyl (C=O) groups is 1. The molecule has 0 radical (unpaired) electrons. The minimum absolute atomic E-state index is 0.00426. The van der Waals surface area contributed by atoms with E-state index in [0.717, 1.165) is 0 Å². The number of benzene rings is 2. The van der Waals surface area contributed by atoms with Gasteiger partial charge in [0.2, 0.25) is 0 Å². The van der Waals surface area contributed by atoms with Crippen molar-refractivity contribution in [3.05, 3.63) is 53.1 Å². The fourth-order valence-corrected chi connectivity index (χ4v) is 2.69. The van der Waals surface area contributed by atoms with E-state index in [1.165, 1.54) is 44.6 Å². The maximum Gasteiger partial charge on any atom is 0.193 e. The summed E-state index contributed by atoms with van der Waals surface area (Å²) in [6.45, 7) is 3.34. The van der Waals surface area contributed by atoms with Crippen molar-refractivity contribution in [3.63, 3.8) is 0 Å². The van der Waals surface area contributed by atoms with Crippen LogP contribution in [0.25, 0.3) is 6.08 Å². The van der Waals surface area contributed by atoms with Crippen LogP contribution < -0.4 is 4.74 Å². The monoisotopic (exact) mass is 402 g/mol. The van der Waals surface area contributed by atoms with Crippen LogP contribution in [-0.4, -0.2) is 52.1 Å². The van der Waals surface area contributed by atoms with Gasteiger partial charge in [0.05, 0.1) is 18.8 Å². The summed E-state index contributed by atoms with van der Waals surface area (Å²) in [6, 6.07) is 7.45. The number of phenols is 3. The van der Waals surface area contributed by atoms with Crippen LogP contribution in [0.1, 0.15) is 35.3 Å². The predicted molar refractivity (Wildman–Crippen MR) is 109 cm³/mol. The molecule has 156 valence electrons. The number of hydrogen-bond donors (Lipinski definition) is 4. The first-order valence-corrected chi connectivity index (χ1v) is 8.97. The van der Waals surface area contributed by atoms with Crippen molar-refractivity contribution in [2.75, 3.05) is 14.2 Å². The second-order valence-electron chi connectivity index (χ2n) is 7.12. The number of allylic oxidation sites excluding steroid dienone is 1. The molecule has 0 amide bonds. The van der Waals surface area contributed by atoms with Crippen LogP contribution in [0.2, 0.25) is 0 Å². The smallest absolute Gasteiger partial charge is 0.193 e. The molecule has 0 saturated carbocycles. The normalized spacial score (nSPS) is 12.9. The Balaban J connectivity index is 2.42. The molecule has 4 N–H and O–H groups in total. The highest BCUT2D eigenvalue weighted by molar-refractivity contribution is 6.11. The summed E-state index contributed by atoms with van der Waals surface area (Å²) in [6.07, 6.45) is 1.59. The zero-order valence-corrected chi connectivity index (χ0v) is 16.8. The van der Waals surface area contributed by atoms with Gasteiger partial charge < -0.3 is 29.9 Å². The third-order valence-electron chi connectivity index (χ3n) is 4.86. The van der Waals surface area contributed by atoms with Crippen LogP contribution in [0.3, 0.4) is 0 Å². The molecular weight excluding hydrogens is 376 g/mol. The summed E-state index contributed by atoms with van der Waals surface area (Å²) >= 11 is 0. The molecule has 2 aromatic rings. The Hall–Kier alpha value is -3.03. The fourth-order valence-electron chi connectivity index (χ4n) is 2.69. The number of methoxy groups -OCH3 is 2. The van der Waals surface area contributed by atoms with Gasteiger partial charge in [0.15, 0.2) is 5.78 Å². The van der Waals surface area contributed by atoms with Crippen LogP contribution in [0.4, 0.5) is 0 Å². The summed E-state index contributed by atoms with van der Waals surface area (Å²) in [5.74, 6) is -1.20. The van der Waals surface area contributed by atoms with Gasteiger partial charge in [-0.25, -0.2) is 0 Å². The maximum atomic E-state index is 12.7. The predicted octanol–water partition coefficient (Wildman–Crippen LogP) is 3.04. The Morgan fingerprint density at radius 1 is 1.14 bits per heavy atom. The van der Waals surface area contributed by atoms with Crippen molar-refractivity contribution in [1.82, 2.24) is 0 Å². The molecule has 0 fully saturated rings. The van der Waals surface area contributed by atoms with E-state index in [0.29, 0.717) is 5.56 Å². The lowest BCUT2D eigenvalue weighted by Gasteiger charge is -2.29. The fraction of sp³-hybridized carbons (Fsp3) is 0.318. The topological polar surface area (TPSA) is 116 Å². The average Bonchev–Trinajstić information content (AvgIpc) is 2.69. The third-order valence-corrected chi connectivity index (χ3v) is 4.86. The summed E-state index contributed by atoms with van der Waals surface area (Å²) in [5.41, 5.74) is -0.365. The number of hydrogen-bond acceptors (Lipinski definition) is 7. The van der Waals surface area contributed by atoms with Crippen molar-refractivity contribution in [2.24, 2.45) is 0 Å². The molecule has 0 aliphatic heterocycles. The second kappa shape index (κ2) is 8.98. The van der Waals surface area contributed by atoms with Gasteiger partial charge in [0.25, 0.3) is 0 Å². The molecule has 0 aromatic heterocycles. The second-order valence-corrected chi connectivity index (χ2v) is 7.12. The molecule has 2 rings (SSSR count). The Labute approximate surface area is 169 Å². The minimum atomic E-state index is -1.05. The molecule has 0 saturated heterocycles. The largest absolute Gasteiger partial charge is 0.508 e. The number of rotatable bonds is 8. The Morgan fingerprint density at radius 2 is 1.76 bits per heavy atom. The van der Waals surface area contributed by atoms with Crippen molar-refractivity contribution in [1.29, 1.82) is 0 Å². The first kappa shape index (κ1) is 22.3. The lowest BCUT2D eigenvalue weighted by Crippen LogP contribution is -2.39. The van der Waals surface area contributed by atoms with Crippen LogP contribution in [0.15, 0.2) is 36.4 Å². The van der Waals surface area contributed by atoms with E-state index in [1.54, 1.807) is 26.0 Å². The SMILES string of the molecule is COc1cc(O)c(CC(O)C(C)(C)OC)c(O)c1C(=O)C=Cc1ccc(O)cc1. The number of aliphatic hydroxyl groups is 1. The summed E-state index contributed by atoms with van der Waals surface area (Å²) in [7, 11) is 2.76. The molecule has 1 unspecified atom stereocenters. The highest BCUT2D eigenvalue weighted by Gasteiger charge is 2.31. The molecule has 7 heteroatoms. The van der Waals surface area contributed by atoms with Crippen LogP contribution in [0, 0.1) is 0 Å². The van der Waals surface area contributed by atoms with Crippen LogP contribution >= 0.6 is 0 Å². The van der Waals surface area contributed by atoms with E-state index in [-0.39, 0.29) is 34.8 Å². The average molecular weight is 402 g/mol. The minimum Gasteiger partial charge on any atom is -0.508 e. The van der Waals surface area contributed by atoms with Gasteiger partial charge in [-0.05, 0) is 37.6 Å². The summed E-state index contributed by atoms with van der Waals surface area (Å²) < 4.78 is 10.4. The molecule has 0 aliphatic carbocycles. The zero-order valence-electron chi connectivity index (χ0n) is 16.8. The quantitative estimate of drug-likeness (QED) is 0.396. The molecule has 1 atom stereocenters. The van der Waals surface area contributed by atoms with Gasteiger partial charge in [-0.3, -0.25) is 4.79 Å². The lowest BCUT2D eigenvalue weighted by molar-refractivity contribution is -0.0767. The number of ether oxygens (including phenoxy) is 2.